The first-order valence-electron chi connectivity index (χ1n) is 5.25. The van der Waals surface area contributed by atoms with E-state index in [1.54, 1.807) is 0 Å². The summed E-state index contributed by atoms with van der Waals surface area (Å²) in [6, 6.07) is 0. The van der Waals surface area contributed by atoms with Crippen molar-refractivity contribution in [1.82, 2.24) is 13.6 Å². The number of hydrogen-bond acceptors (Lipinski definition) is 3. The van der Waals surface area contributed by atoms with Crippen LogP contribution >= 0.6 is 41.8 Å². The highest BCUT2D eigenvalue weighted by Crippen LogP contribution is 3.16. The van der Waals surface area contributed by atoms with Crippen molar-refractivity contribution in [3.8, 4) is 0 Å². The first kappa shape index (κ1) is 21.4. The molecule has 22 heavy (non-hydrogen) atoms. The minimum Gasteiger partial charge on any atom is -0.219 e. The van der Waals surface area contributed by atoms with Crippen LogP contribution in [0.2, 0.25) is 0 Å². The monoisotopic (exact) mass is 440 g/mol. The summed E-state index contributed by atoms with van der Waals surface area (Å²) >= 11 is 0. The molecule has 1 fully saturated rings. The smallest absolute Gasteiger partial charge is 0.219 e. The molecular weight excluding hydrogens is 428 g/mol. The van der Waals surface area contributed by atoms with E-state index in [0.29, 0.717) is 21.1 Å². The lowest BCUT2D eigenvalue weighted by atomic mass is 10.7. The number of halogens is 9. The Morgan fingerprint density at radius 1 is 1.14 bits per heavy atom. The SMILES string of the molecule is CN(CC1([P+](F)(F)N(C)PF)[P+](F)(F)N(C)[P+]1(F)F)P(F)F. The largest absolute Gasteiger partial charge is 0.596 e. The predicted molar refractivity (Wildman–Crippen MR) is 76.9 cm³/mol. The molecule has 0 N–H and O–H groups in total. The summed E-state index contributed by atoms with van der Waals surface area (Å²) in [6.07, 6.45) is 0. The van der Waals surface area contributed by atoms with Crippen molar-refractivity contribution >= 4 is 41.8 Å². The average Bonchev–Trinajstić information content (AvgIpc) is 2.41. The van der Waals surface area contributed by atoms with E-state index in [1.165, 1.54) is 0 Å². The van der Waals surface area contributed by atoms with Crippen LogP contribution in [0.3, 0.4) is 0 Å². The first-order valence-corrected chi connectivity index (χ1v) is 11.7. The summed E-state index contributed by atoms with van der Waals surface area (Å²) in [5.41, 5.74) is 0. The second kappa shape index (κ2) is 6.61. The van der Waals surface area contributed by atoms with Crippen LogP contribution in [0.15, 0.2) is 0 Å². The van der Waals surface area contributed by atoms with Crippen molar-refractivity contribution in [3.05, 3.63) is 0 Å². The Morgan fingerprint density at radius 2 is 1.55 bits per heavy atom. The molecule has 17 heteroatoms. The van der Waals surface area contributed by atoms with E-state index in [1.807, 2.05) is 0 Å². The molecule has 0 aromatic carbocycles. The van der Waals surface area contributed by atoms with Gasteiger partial charge in [-0.25, -0.2) is 8.87 Å². The number of rotatable bonds is 6. The molecule has 0 radical (unpaired) electrons. The summed E-state index contributed by atoms with van der Waals surface area (Å²) in [5, 5.41) is 0. The lowest BCUT2D eigenvalue weighted by Gasteiger charge is -2.40. The van der Waals surface area contributed by atoms with Crippen molar-refractivity contribution in [3.63, 3.8) is 0 Å². The van der Waals surface area contributed by atoms with E-state index >= 15 is 0 Å². The van der Waals surface area contributed by atoms with Crippen LogP contribution in [0.25, 0.3) is 0 Å². The van der Waals surface area contributed by atoms with Crippen LogP contribution < -0.4 is 0 Å². The summed E-state index contributed by atoms with van der Waals surface area (Å²) < 4.78 is 117. The topological polar surface area (TPSA) is 9.72 Å². The van der Waals surface area contributed by atoms with Crippen molar-refractivity contribution in [1.29, 1.82) is 0 Å². The molecule has 1 aliphatic heterocycles. The normalized spacial score (nSPS) is 24.7. The third-order valence-corrected chi connectivity index (χ3v) is 16.0. The van der Waals surface area contributed by atoms with Crippen LogP contribution in [0.4, 0.5) is 37.8 Å². The van der Waals surface area contributed by atoms with Gasteiger partial charge >= 0.3 is 37.4 Å². The van der Waals surface area contributed by atoms with Gasteiger partial charge in [-0.1, -0.05) is 4.44 Å². The Hall–Kier alpha value is 1.40. The molecule has 1 saturated heterocycles. The van der Waals surface area contributed by atoms with E-state index in [0.717, 1.165) is 0 Å². The van der Waals surface area contributed by atoms with Gasteiger partial charge < -0.3 is 0 Å². The Bertz CT molecular complexity index is 408. The fourth-order valence-corrected chi connectivity index (χ4v) is 14.3. The third kappa shape index (κ3) is 2.70. The minimum absolute atomic E-state index is 0.215. The molecule has 0 aliphatic carbocycles. The van der Waals surface area contributed by atoms with Gasteiger partial charge in [-0.3, -0.25) is 0 Å². The molecule has 0 spiro atoms. The number of nitrogens with zero attached hydrogens (tertiary/aromatic N) is 3. The van der Waals surface area contributed by atoms with E-state index in [-0.39, 0.29) is 4.67 Å². The van der Waals surface area contributed by atoms with Gasteiger partial charge in [0.25, 0.3) is 0 Å². The van der Waals surface area contributed by atoms with E-state index in [9.17, 15) is 37.8 Å². The summed E-state index contributed by atoms with van der Waals surface area (Å²) in [6.45, 7) is -1.87. The maximum Gasteiger partial charge on any atom is 0.596 e. The zero-order chi connectivity index (χ0) is 17.7. The predicted octanol–water partition coefficient (Wildman–Crippen LogP) is 7.20. The van der Waals surface area contributed by atoms with Crippen LogP contribution in [0.5, 0.6) is 0 Å². The van der Waals surface area contributed by atoms with Gasteiger partial charge in [0.1, 0.15) is 6.54 Å². The minimum atomic E-state index is -6.38. The Morgan fingerprint density at radius 3 is 1.86 bits per heavy atom. The molecule has 1 heterocycles. The van der Waals surface area contributed by atoms with Gasteiger partial charge in [0.2, 0.25) is 0 Å². The number of hydrogen-bond donors (Lipinski definition) is 0. The van der Waals surface area contributed by atoms with Gasteiger partial charge in [0.15, 0.2) is 9.04 Å². The van der Waals surface area contributed by atoms with Crippen LogP contribution in [0, 0.1) is 0 Å². The van der Waals surface area contributed by atoms with Crippen LogP contribution in [0.1, 0.15) is 0 Å². The highest BCUT2D eigenvalue weighted by molar-refractivity contribution is 8.09. The van der Waals surface area contributed by atoms with Crippen molar-refractivity contribution in [2.45, 2.75) is 4.64 Å². The van der Waals surface area contributed by atoms with Crippen molar-refractivity contribution in [2.75, 3.05) is 27.7 Å². The average molecular weight is 440 g/mol. The fraction of sp³-hybridized carbons (Fsp3) is 1.00. The lowest BCUT2D eigenvalue weighted by Crippen LogP contribution is -2.54. The molecule has 132 valence electrons. The zero-order valence-corrected chi connectivity index (χ0v) is 15.8. The summed E-state index contributed by atoms with van der Waals surface area (Å²) in [4.78, 5) is 0. The highest BCUT2D eigenvalue weighted by atomic mass is 31.4. The van der Waals surface area contributed by atoms with Gasteiger partial charge in [0.05, 0.1) is 11.5 Å². The van der Waals surface area contributed by atoms with Gasteiger partial charge in [0, 0.05) is 32.2 Å². The summed E-state index contributed by atoms with van der Waals surface area (Å²) in [5.74, 6) is 0. The molecule has 0 bridgehead atoms. The van der Waals surface area contributed by atoms with E-state index in [2.05, 4.69) is 0 Å². The van der Waals surface area contributed by atoms with Gasteiger partial charge in [-0.15, -0.1) is 0 Å². The Balaban J connectivity index is 3.47. The fourth-order valence-electron chi connectivity index (χ4n) is 1.90. The third-order valence-electron chi connectivity index (χ3n) is 3.22. The molecule has 0 aromatic heterocycles. The zero-order valence-electron chi connectivity index (χ0n) is 11.2. The highest BCUT2D eigenvalue weighted by Gasteiger charge is 3.18. The second-order valence-electron chi connectivity index (χ2n) is 4.36. The molecule has 3 nitrogen and oxygen atoms in total. The van der Waals surface area contributed by atoms with Gasteiger partial charge in [-0.2, -0.15) is 8.39 Å². The molecule has 1 rings (SSSR count). The standard InChI is InChI=1S/C5H12F9N3P5/c1-15(19(7)8)4-5(20(9,10)16(2)18-6)21(11,12)17(3)22(5,13)14/h18H,4H2,1-3H3/q+3. The molecule has 1 aliphatic rings. The Kier molecular flexibility index (Phi) is 6.44. The second-order valence-corrected chi connectivity index (χ2v) is 15.1. The molecule has 1 unspecified atom stereocenters. The van der Waals surface area contributed by atoms with E-state index in [4.69, 9.17) is 0 Å². The molecule has 0 amide bonds. The van der Waals surface area contributed by atoms with Crippen molar-refractivity contribution in [2.24, 2.45) is 0 Å². The van der Waals surface area contributed by atoms with E-state index < -0.39 is 61.9 Å². The quantitative estimate of drug-likeness (QED) is 0.320. The Labute approximate surface area is 126 Å². The summed E-state index contributed by atoms with van der Waals surface area (Å²) in [7, 11) is -23.6. The van der Waals surface area contributed by atoms with Gasteiger partial charge in [-0.05, 0) is 7.05 Å². The van der Waals surface area contributed by atoms with Crippen LogP contribution in [-0.2, 0) is 0 Å². The van der Waals surface area contributed by atoms with Crippen LogP contribution in [-0.4, -0.2) is 45.9 Å². The molecule has 1 atom stereocenters. The first-order chi connectivity index (χ1) is 9.71. The molecule has 0 aromatic rings. The molecular formula is C5H12F9N3P5+3. The molecule has 0 saturated carbocycles. The maximum absolute atomic E-state index is 14.3. The van der Waals surface area contributed by atoms with Crippen molar-refractivity contribution < 1.29 is 37.8 Å². The lowest BCUT2D eigenvalue weighted by molar-refractivity contribution is 0.380. The maximum atomic E-state index is 14.3.